The molecule has 0 bridgehead atoms. The summed E-state index contributed by atoms with van der Waals surface area (Å²) in [5, 5.41) is 0. The monoisotopic (exact) mass is 178 g/mol. The van der Waals surface area contributed by atoms with Gasteiger partial charge in [-0.3, -0.25) is 4.79 Å². The molecule has 0 rings (SSSR count). The smallest absolute Gasteiger partial charge is 0.218 e. The highest BCUT2D eigenvalue weighted by atomic mass is 16.2. The summed E-state index contributed by atoms with van der Waals surface area (Å²) in [6.45, 7) is 1.53. The second kappa shape index (κ2) is 13.1. The lowest BCUT2D eigenvalue weighted by molar-refractivity contribution is -0.126. The van der Waals surface area contributed by atoms with Crippen LogP contribution >= 0.6 is 0 Å². The molecule has 0 unspecified atom stereocenters. The minimum Gasteiger partial charge on any atom is -0.349 e. The van der Waals surface area contributed by atoms with Gasteiger partial charge in [-0.2, -0.15) is 0 Å². The van der Waals surface area contributed by atoms with E-state index in [4.69, 9.17) is 0 Å². The Labute approximate surface area is 78.4 Å². The summed E-state index contributed by atoms with van der Waals surface area (Å²) < 4.78 is 0. The van der Waals surface area contributed by atoms with Crippen LogP contribution in [-0.2, 0) is 4.79 Å². The Balaban J connectivity index is -0.0000000483. The largest absolute Gasteiger partial charge is 0.349 e. The molecule has 0 aromatic heterocycles. The molecule has 0 spiro atoms. The minimum atomic E-state index is 0. The van der Waals surface area contributed by atoms with E-state index in [0.717, 1.165) is 0 Å². The van der Waals surface area contributed by atoms with Gasteiger partial charge in [0.25, 0.3) is 0 Å². The molecule has 0 aromatic carbocycles. The molecule has 0 radical (unpaired) electrons. The molecule has 0 aliphatic carbocycles. The lowest BCUT2D eigenvalue weighted by atomic mass is 10.7. The Morgan fingerprint density at radius 1 is 0.917 bits per heavy atom. The molecule has 0 saturated carbocycles. The van der Waals surface area contributed by atoms with Crippen molar-refractivity contribution >= 4 is 5.91 Å². The Hall–Kier alpha value is -0.570. The van der Waals surface area contributed by atoms with Crippen molar-refractivity contribution in [3.05, 3.63) is 0 Å². The van der Waals surface area contributed by atoms with Crippen molar-refractivity contribution in [3.8, 4) is 0 Å². The van der Waals surface area contributed by atoms with Crippen molar-refractivity contribution < 1.29 is 4.79 Å². The van der Waals surface area contributed by atoms with Crippen LogP contribution in [0.4, 0.5) is 0 Å². The number of carbonyl (C=O) groups excluding carboxylic acids is 1. The van der Waals surface area contributed by atoms with Crippen molar-refractivity contribution in [2.24, 2.45) is 0 Å². The van der Waals surface area contributed by atoms with E-state index < -0.39 is 0 Å². The van der Waals surface area contributed by atoms with Crippen LogP contribution in [0.25, 0.3) is 0 Å². The quantitative estimate of drug-likeness (QED) is 0.562. The van der Waals surface area contributed by atoms with E-state index in [2.05, 4.69) is 0 Å². The first-order chi connectivity index (χ1) is 4.37. The number of hydrogen-bond donors (Lipinski definition) is 0. The van der Waals surface area contributed by atoms with Gasteiger partial charge in [-0.05, 0) is 21.1 Å². The third-order valence-corrected chi connectivity index (χ3v) is 0.630. The molecule has 0 atom stereocenters. The van der Waals surface area contributed by atoms with Gasteiger partial charge in [0.05, 0.1) is 0 Å². The fourth-order valence-electron chi connectivity index (χ4n) is 0. The summed E-state index contributed by atoms with van der Waals surface area (Å²) in [5.74, 6) is 0.0926. The van der Waals surface area contributed by atoms with Gasteiger partial charge in [0, 0.05) is 21.0 Å². The number of hydrogen-bond acceptors (Lipinski definition) is 2. The van der Waals surface area contributed by atoms with Crippen LogP contribution in [0.2, 0.25) is 0 Å². The van der Waals surface area contributed by atoms with Crippen LogP contribution in [0, 0.1) is 0 Å². The van der Waals surface area contributed by atoms with Gasteiger partial charge < -0.3 is 9.80 Å². The highest BCUT2D eigenvalue weighted by Gasteiger charge is 1.87. The SMILES string of the molecule is C.C.CC(=O)N(C)C.CN(C)C. The van der Waals surface area contributed by atoms with Gasteiger partial charge in [-0.1, -0.05) is 14.9 Å². The summed E-state index contributed by atoms with van der Waals surface area (Å²) in [6, 6.07) is 0. The normalized spacial score (nSPS) is 6.92. The van der Waals surface area contributed by atoms with Crippen molar-refractivity contribution in [1.29, 1.82) is 0 Å². The molecule has 0 aliphatic heterocycles. The maximum Gasteiger partial charge on any atom is 0.218 e. The number of amides is 1. The third kappa shape index (κ3) is 57.0. The Morgan fingerprint density at radius 3 is 1.00 bits per heavy atom. The van der Waals surface area contributed by atoms with Crippen LogP contribution in [0.15, 0.2) is 0 Å². The Morgan fingerprint density at radius 2 is 1.00 bits per heavy atom. The van der Waals surface area contributed by atoms with Crippen molar-refractivity contribution in [1.82, 2.24) is 9.80 Å². The maximum atomic E-state index is 10.1. The molecule has 78 valence electrons. The Kier molecular flexibility index (Phi) is 24.5. The average Bonchev–Trinajstić information content (AvgIpc) is 1.63. The first kappa shape index (κ1) is 22.5. The summed E-state index contributed by atoms with van der Waals surface area (Å²) in [5.41, 5.74) is 0. The molecule has 0 aliphatic rings. The van der Waals surface area contributed by atoms with Gasteiger partial charge in [0.1, 0.15) is 0 Å². The fraction of sp³-hybridized carbons (Fsp3) is 0.889. The molecule has 3 heteroatoms. The molecule has 12 heavy (non-hydrogen) atoms. The van der Waals surface area contributed by atoms with Crippen LogP contribution in [-0.4, -0.2) is 50.9 Å². The van der Waals surface area contributed by atoms with Crippen molar-refractivity contribution in [2.75, 3.05) is 35.2 Å². The average molecular weight is 178 g/mol. The highest BCUT2D eigenvalue weighted by Crippen LogP contribution is 1.69. The molecule has 0 saturated heterocycles. The van der Waals surface area contributed by atoms with Gasteiger partial charge in [-0.15, -0.1) is 0 Å². The van der Waals surface area contributed by atoms with Gasteiger partial charge in [-0.25, -0.2) is 0 Å². The zero-order valence-electron chi connectivity index (χ0n) is 7.80. The van der Waals surface area contributed by atoms with Crippen LogP contribution < -0.4 is 0 Å². The predicted molar refractivity (Wildman–Crippen MR) is 57.4 cm³/mol. The van der Waals surface area contributed by atoms with Gasteiger partial charge >= 0.3 is 0 Å². The van der Waals surface area contributed by atoms with Gasteiger partial charge in [0.2, 0.25) is 5.91 Å². The van der Waals surface area contributed by atoms with Crippen LogP contribution in [0.1, 0.15) is 21.8 Å². The van der Waals surface area contributed by atoms with E-state index in [1.165, 1.54) is 11.8 Å². The fourth-order valence-corrected chi connectivity index (χ4v) is 0. The first-order valence-corrected chi connectivity index (χ1v) is 3.16. The summed E-state index contributed by atoms with van der Waals surface area (Å²) in [7, 11) is 9.45. The van der Waals surface area contributed by atoms with E-state index in [0.29, 0.717) is 0 Å². The zero-order valence-corrected chi connectivity index (χ0v) is 7.80. The number of nitrogens with zero attached hydrogens (tertiary/aromatic N) is 2. The molecular formula is C9H26N2O. The third-order valence-electron chi connectivity index (χ3n) is 0.630. The van der Waals surface area contributed by atoms with Gasteiger partial charge in [0.15, 0.2) is 0 Å². The second-order valence-corrected chi connectivity index (χ2v) is 2.76. The summed E-state index contributed by atoms with van der Waals surface area (Å²) >= 11 is 0. The molecule has 0 aromatic rings. The van der Waals surface area contributed by atoms with E-state index in [1.54, 1.807) is 14.1 Å². The van der Waals surface area contributed by atoms with E-state index in [9.17, 15) is 4.79 Å². The lowest BCUT2D eigenvalue weighted by Crippen LogP contribution is -2.17. The number of rotatable bonds is 0. The second-order valence-electron chi connectivity index (χ2n) is 2.76. The van der Waals surface area contributed by atoms with Crippen molar-refractivity contribution in [2.45, 2.75) is 21.8 Å². The highest BCUT2D eigenvalue weighted by molar-refractivity contribution is 5.72. The molecule has 0 fully saturated rings. The van der Waals surface area contributed by atoms with E-state index in [-0.39, 0.29) is 20.8 Å². The predicted octanol–water partition coefficient (Wildman–Crippen LogP) is 1.54. The zero-order chi connectivity index (χ0) is 8.73. The lowest BCUT2D eigenvalue weighted by Gasteiger charge is -2.02. The molecule has 1 amide bonds. The molecule has 0 N–H and O–H groups in total. The topological polar surface area (TPSA) is 23.6 Å². The summed E-state index contributed by atoms with van der Waals surface area (Å²) in [6.07, 6.45) is 0. The molecule has 0 heterocycles. The van der Waals surface area contributed by atoms with E-state index >= 15 is 0 Å². The van der Waals surface area contributed by atoms with Crippen molar-refractivity contribution in [3.63, 3.8) is 0 Å². The minimum absolute atomic E-state index is 0. The standard InChI is InChI=1S/C4H9NO.C3H9N.2CH4/c1-4(6)5(2)3;1-4(2)3;;/h1-3H3;1-3H3;2*1H4. The first-order valence-electron chi connectivity index (χ1n) is 3.16. The maximum absolute atomic E-state index is 10.1. The summed E-state index contributed by atoms with van der Waals surface area (Å²) in [4.78, 5) is 13.6. The van der Waals surface area contributed by atoms with Crippen LogP contribution in [0.5, 0.6) is 0 Å². The molecule has 3 nitrogen and oxygen atoms in total. The molecular weight excluding hydrogens is 152 g/mol. The Bertz CT molecular complexity index is 87.8. The number of carbonyl (C=O) groups is 1. The van der Waals surface area contributed by atoms with E-state index in [1.807, 2.05) is 26.0 Å². The van der Waals surface area contributed by atoms with Crippen LogP contribution in [0.3, 0.4) is 0 Å².